The molecule has 41 heavy (non-hydrogen) atoms. The van der Waals surface area contributed by atoms with Crippen LogP contribution < -0.4 is 0 Å². The van der Waals surface area contributed by atoms with Crippen molar-refractivity contribution in [3.8, 4) is 45.0 Å². The molecule has 0 saturated carbocycles. The first kappa shape index (κ1) is 23.3. The first-order chi connectivity index (χ1) is 20.3. The molecule has 0 atom stereocenters. The first-order valence-electron chi connectivity index (χ1n) is 13.7. The van der Waals surface area contributed by atoms with E-state index in [1.807, 2.05) is 48.7 Å². The minimum Gasteiger partial charge on any atom is -0.306 e. The van der Waals surface area contributed by atoms with Gasteiger partial charge in [0.05, 0.1) is 39.7 Å². The normalized spacial score (nSPS) is 11.4. The molecular formula is C37H24N4. The fraction of sp³-hybridized carbons (Fsp3) is 0. The molecule has 192 valence electrons. The van der Waals surface area contributed by atoms with Crippen LogP contribution in [0.2, 0.25) is 0 Å². The largest absolute Gasteiger partial charge is 0.306 e. The highest BCUT2D eigenvalue weighted by molar-refractivity contribution is 6.08. The lowest BCUT2D eigenvalue weighted by Gasteiger charge is -2.10. The number of hydrogen-bond acceptors (Lipinski definition) is 3. The summed E-state index contributed by atoms with van der Waals surface area (Å²) in [4.78, 5) is 14.9. The van der Waals surface area contributed by atoms with Gasteiger partial charge in [-0.3, -0.25) is 4.98 Å². The van der Waals surface area contributed by atoms with Gasteiger partial charge in [-0.1, -0.05) is 109 Å². The molecule has 0 fully saturated rings. The summed E-state index contributed by atoms with van der Waals surface area (Å²) in [6.07, 6.45) is 1.99. The fourth-order valence-electron chi connectivity index (χ4n) is 5.74. The van der Waals surface area contributed by atoms with Gasteiger partial charge in [-0.2, -0.15) is 0 Å². The van der Waals surface area contributed by atoms with E-state index < -0.39 is 0 Å². The van der Waals surface area contributed by atoms with E-state index in [0.29, 0.717) is 5.82 Å². The van der Waals surface area contributed by atoms with Gasteiger partial charge in [0.2, 0.25) is 0 Å². The lowest BCUT2D eigenvalue weighted by molar-refractivity contribution is 1.18. The van der Waals surface area contributed by atoms with Crippen molar-refractivity contribution in [3.05, 3.63) is 146 Å². The first-order valence-corrected chi connectivity index (χ1v) is 13.7. The van der Waals surface area contributed by atoms with E-state index in [1.54, 1.807) is 0 Å². The van der Waals surface area contributed by atoms with E-state index in [1.165, 1.54) is 5.39 Å². The Bertz CT molecular complexity index is 2140. The number of rotatable bonds is 4. The highest BCUT2D eigenvalue weighted by atomic mass is 14.9. The Morgan fingerprint density at radius 3 is 1.76 bits per heavy atom. The monoisotopic (exact) mass is 524 g/mol. The van der Waals surface area contributed by atoms with Crippen LogP contribution in [0.25, 0.3) is 72.5 Å². The Morgan fingerprint density at radius 2 is 1.02 bits per heavy atom. The van der Waals surface area contributed by atoms with Crippen LogP contribution in [0.15, 0.2) is 146 Å². The van der Waals surface area contributed by atoms with Crippen molar-refractivity contribution in [3.63, 3.8) is 0 Å². The van der Waals surface area contributed by atoms with Crippen molar-refractivity contribution in [2.45, 2.75) is 0 Å². The zero-order valence-electron chi connectivity index (χ0n) is 22.1. The molecule has 0 spiro atoms. The Morgan fingerprint density at radius 1 is 0.439 bits per heavy atom. The summed E-state index contributed by atoms with van der Waals surface area (Å²) in [5, 5.41) is 1.19. The molecule has 0 aliphatic rings. The summed E-state index contributed by atoms with van der Waals surface area (Å²) in [5.74, 6) is 0.698. The van der Waals surface area contributed by atoms with Gasteiger partial charge in [0.15, 0.2) is 5.82 Å². The second-order valence-corrected chi connectivity index (χ2v) is 10.1. The van der Waals surface area contributed by atoms with Crippen LogP contribution in [0, 0.1) is 0 Å². The average molecular weight is 525 g/mol. The standard InChI is InChI=1S/C37H24N4/c1-3-12-25(13-4-1)31-23-32(26-14-5-2-6-15-26)40-37(39-31)28-17-11-16-27(22-28)36-29-18-7-9-20-33(29)41-34-21-10-8-19-30(34)38-24-35(36)41/h1-24H. The SMILES string of the molecule is c1ccc(-c2cc(-c3ccccc3)nc(-c3cccc(-c4c5ccccc5n5c4cnc4ccccc45)c3)n2)cc1. The molecule has 3 aromatic heterocycles. The summed E-state index contributed by atoms with van der Waals surface area (Å²) in [5.41, 5.74) is 11.5. The predicted molar refractivity (Wildman–Crippen MR) is 168 cm³/mol. The third-order valence-electron chi connectivity index (χ3n) is 7.63. The van der Waals surface area contributed by atoms with Crippen molar-refractivity contribution in [1.29, 1.82) is 0 Å². The number of hydrogen-bond donors (Lipinski definition) is 0. The molecule has 3 heterocycles. The Balaban J connectivity index is 1.35. The van der Waals surface area contributed by atoms with Gasteiger partial charge in [-0.25, -0.2) is 9.97 Å². The lowest BCUT2D eigenvalue weighted by atomic mass is 10.00. The van der Waals surface area contributed by atoms with Crippen LogP contribution in [0.1, 0.15) is 0 Å². The number of benzene rings is 5. The highest BCUT2D eigenvalue weighted by Crippen LogP contribution is 2.38. The number of nitrogens with zero attached hydrogens (tertiary/aromatic N) is 4. The molecule has 4 heteroatoms. The van der Waals surface area contributed by atoms with Crippen molar-refractivity contribution in [1.82, 2.24) is 19.4 Å². The van der Waals surface area contributed by atoms with Crippen LogP contribution >= 0.6 is 0 Å². The van der Waals surface area contributed by atoms with Crippen LogP contribution in [0.3, 0.4) is 0 Å². The highest BCUT2D eigenvalue weighted by Gasteiger charge is 2.17. The third kappa shape index (κ3) is 3.97. The maximum Gasteiger partial charge on any atom is 0.160 e. The van der Waals surface area contributed by atoms with Gasteiger partial charge in [-0.05, 0) is 35.9 Å². The van der Waals surface area contributed by atoms with E-state index in [4.69, 9.17) is 15.0 Å². The molecule has 0 aliphatic carbocycles. The lowest BCUT2D eigenvalue weighted by Crippen LogP contribution is -1.96. The quantitative estimate of drug-likeness (QED) is 0.231. The summed E-state index contributed by atoms with van der Waals surface area (Å²) >= 11 is 0. The average Bonchev–Trinajstić information content (AvgIpc) is 3.40. The molecule has 8 aromatic rings. The molecule has 0 saturated heterocycles. The van der Waals surface area contributed by atoms with E-state index in [2.05, 4.69) is 101 Å². The number of aromatic nitrogens is 4. The maximum atomic E-state index is 5.06. The van der Waals surface area contributed by atoms with Gasteiger partial charge in [0, 0.05) is 27.6 Å². The van der Waals surface area contributed by atoms with Crippen molar-refractivity contribution < 1.29 is 0 Å². The minimum absolute atomic E-state index is 0.698. The molecule has 4 nitrogen and oxygen atoms in total. The summed E-state index contributed by atoms with van der Waals surface area (Å²) < 4.78 is 2.32. The fourth-order valence-corrected chi connectivity index (χ4v) is 5.74. The molecule has 8 rings (SSSR count). The number of para-hydroxylation sites is 3. The Hall–Kier alpha value is -5.61. The molecule has 5 aromatic carbocycles. The summed E-state index contributed by atoms with van der Waals surface area (Å²) in [6, 6.07) is 48.1. The second-order valence-electron chi connectivity index (χ2n) is 10.1. The molecular weight excluding hydrogens is 500 g/mol. The van der Waals surface area contributed by atoms with Gasteiger partial charge < -0.3 is 4.40 Å². The summed E-state index contributed by atoms with van der Waals surface area (Å²) in [6.45, 7) is 0. The number of fused-ring (bicyclic) bond motifs is 5. The third-order valence-corrected chi connectivity index (χ3v) is 7.63. The zero-order valence-corrected chi connectivity index (χ0v) is 22.1. The van der Waals surface area contributed by atoms with Gasteiger partial charge in [-0.15, -0.1) is 0 Å². The smallest absolute Gasteiger partial charge is 0.160 e. The predicted octanol–water partition coefficient (Wildman–Crippen LogP) is 9.10. The minimum atomic E-state index is 0.698. The molecule has 0 aliphatic heterocycles. The van der Waals surface area contributed by atoms with Gasteiger partial charge in [0.25, 0.3) is 0 Å². The molecule has 0 amide bonds. The van der Waals surface area contributed by atoms with Crippen LogP contribution in [-0.2, 0) is 0 Å². The van der Waals surface area contributed by atoms with E-state index >= 15 is 0 Å². The van der Waals surface area contributed by atoms with Crippen LogP contribution in [0.5, 0.6) is 0 Å². The van der Waals surface area contributed by atoms with E-state index in [0.717, 1.165) is 61.3 Å². The molecule has 0 bridgehead atoms. The topological polar surface area (TPSA) is 43.1 Å². The summed E-state index contributed by atoms with van der Waals surface area (Å²) in [7, 11) is 0. The Kier molecular flexibility index (Phi) is 5.42. The van der Waals surface area contributed by atoms with Crippen LogP contribution in [0.4, 0.5) is 0 Å². The molecule has 0 N–H and O–H groups in total. The van der Waals surface area contributed by atoms with Crippen molar-refractivity contribution >= 4 is 27.5 Å². The van der Waals surface area contributed by atoms with Crippen LogP contribution in [-0.4, -0.2) is 19.4 Å². The van der Waals surface area contributed by atoms with E-state index in [9.17, 15) is 0 Å². The Labute approximate surface area is 237 Å². The van der Waals surface area contributed by atoms with E-state index in [-0.39, 0.29) is 0 Å². The molecule has 0 radical (unpaired) electrons. The van der Waals surface area contributed by atoms with Gasteiger partial charge in [0.1, 0.15) is 0 Å². The maximum absolute atomic E-state index is 5.06. The van der Waals surface area contributed by atoms with Crippen molar-refractivity contribution in [2.24, 2.45) is 0 Å². The zero-order chi connectivity index (χ0) is 27.2. The van der Waals surface area contributed by atoms with Gasteiger partial charge >= 0.3 is 0 Å². The molecule has 0 unspecified atom stereocenters. The van der Waals surface area contributed by atoms with Crippen molar-refractivity contribution in [2.75, 3.05) is 0 Å². The second kappa shape index (κ2) is 9.54.